The van der Waals surface area contributed by atoms with Crippen LogP contribution in [0.25, 0.3) is 0 Å². The van der Waals surface area contributed by atoms with E-state index in [9.17, 15) is 9.90 Å². The second kappa shape index (κ2) is 5.16. The van der Waals surface area contributed by atoms with Gasteiger partial charge in [-0.05, 0) is 12.1 Å². The normalized spacial score (nSPS) is 12.1. The van der Waals surface area contributed by atoms with E-state index in [0.29, 0.717) is 15.6 Å². The molecule has 0 saturated carbocycles. The van der Waals surface area contributed by atoms with Gasteiger partial charge in [-0.15, -0.1) is 11.3 Å². The SMILES string of the molecule is O=C(O)C(Nc1ccccc1Cl)c1cncs1. The molecule has 17 heavy (non-hydrogen) atoms. The summed E-state index contributed by atoms with van der Waals surface area (Å²) < 4.78 is 0. The van der Waals surface area contributed by atoms with Crippen LogP contribution >= 0.6 is 22.9 Å². The van der Waals surface area contributed by atoms with Crippen LogP contribution in [0.5, 0.6) is 0 Å². The quantitative estimate of drug-likeness (QED) is 0.895. The van der Waals surface area contributed by atoms with Crippen molar-refractivity contribution < 1.29 is 9.90 Å². The number of carbonyl (C=O) groups is 1. The van der Waals surface area contributed by atoms with E-state index in [-0.39, 0.29) is 0 Å². The zero-order valence-electron chi connectivity index (χ0n) is 8.63. The molecule has 2 aromatic rings. The minimum Gasteiger partial charge on any atom is -0.479 e. The molecule has 0 aliphatic carbocycles. The molecule has 1 aromatic heterocycles. The lowest BCUT2D eigenvalue weighted by atomic mass is 10.2. The van der Waals surface area contributed by atoms with Gasteiger partial charge in [0.15, 0.2) is 6.04 Å². The Balaban J connectivity index is 2.26. The van der Waals surface area contributed by atoms with Gasteiger partial charge in [0.25, 0.3) is 0 Å². The zero-order valence-corrected chi connectivity index (χ0v) is 10.2. The monoisotopic (exact) mass is 268 g/mol. The van der Waals surface area contributed by atoms with Crippen LogP contribution in [0.2, 0.25) is 5.02 Å². The number of aromatic nitrogens is 1. The summed E-state index contributed by atoms with van der Waals surface area (Å²) >= 11 is 7.25. The minimum absolute atomic E-state index is 0.489. The molecule has 1 heterocycles. The number of para-hydroxylation sites is 1. The Bertz CT molecular complexity index is 516. The molecule has 0 fully saturated rings. The van der Waals surface area contributed by atoms with Gasteiger partial charge < -0.3 is 10.4 Å². The number of rotatable bonds is 4. The smallest absolute Gasteiger partial charge is 0.331 e. The molecule has 1 atom stereocenters. The van der Waals surface area contributed by atoms with Crippen molar-refractivity contribution in [2.24, 2.45) is 0 Å². The van der Waals surface area contributed by atoms with Gasteiger partial charge in [0.1, 0.15) is 0 Å². The maximum absolute atomic E-state index is 11.2. The van der Waals surface area contributed by atoms with Crippen LogP contribution in [0.4, 0.5) is 5.69 Å². The lowest BCUT2D eigenvalue weighted by Crippen LogP contribution is -2.19. The van der Waals surface area contributed by atoms with Gasteiger partial charge in [0.2, 0.25) is 0 Å². The summed E-state index contributed by atoms with van der Waals surface area (Å²) in [7, 11) is 0. The number of hydrogen-bond acceptors (Lipinski definition) is 4. The number of nitrogens with one attached hydrogen (secondary N) is 1. The predicted octanol–water partition coefficient (Wildman–Crippen LogP) is 3.03. The molecule has 1 aromatic carbocycles. The third kappa shape index (κ3) is 2.75. The first-order chi connectivity index (χ1) is 8.18. The maximum atomic E-state index is 11.2. The van der Waals surface area contributed by atoms with E-state index in [4.69, 9.17) is 11.6 Å². The molecular formula is C11H9ClN2O2S. The highest BCUT2D eigenvalue weighted by molar-refractivity contribution is 7.09. The molecule has 0 radical (unpaired) electrons. The van der Waals surface area contributed by atoms with Gasteiger partial charge in [0, 0.05) is 6.20 Å². The highest BCUT2D eigenvalue weighted by atomic mass is 35.5. The summed E-state index contributed by atoms with van der Waals surface area (Å²) in [5.41, 5.74) is 2.19. The number of halogens is 1. The van der Waals surface area contributed by atoms with Crippen molar-refractivity contribution >= 4 is 34.6 Å². The van der Waals surface area contributed by atoms with Gasteiger partial charge in [-0.2, -0.15) is 0 Å². The molecule has 6 heteroatoms. The summed E-state index contributed by atoms with van der Waals surface area (Å²) in [6.45, 7) is 0. The molecule has 0 spiro atoms. The fourth-order valence-corrected chi connectivity index (χ4v) is 2.21. The molecule has 2 N–H and O–H groups in total. The Labute approximate surface area is 107 Å². The molecule has 88 valence electrons. The van der Waals surface area contributed by atoms with E-state index in [2.05, 4.69) is 10.3 Å². The number of benzene rings is 1. The molecule has 4 nitrogen and oxygen atoms in total. The van der Waals surface area contributed by atoms with E-state index in [1.54, 1.807) is 29.8 Å². The summed E-state index contributed by atoms with van der Waals surface area (Å²) in [4.78, 5) is 15.7. The minimum atomic E-state index is -0.964. The van der Waals surface area contributed by atoms with E-state index < -0.39 is 12.0 Å². The van der Waals surface area contributed by atoms with E-state index >= 15 is 0 Å². The second-order valence-electron chi connectivity index (χ2n) is 3.30. The predicted molar refractivity (Wildman–Crippen MR) is 67.6 cm³/mol. The molecule has 0 bridgehead atoms. The summed E-state index contributed by atoms with van der Waals surface area (Å²) in [6.07, 6.45) is 1.54. The topological polar surface area (TPSA) is 62.2 Å². The number of thiazole rings is 1. The van der Waals surface area contributed by atoms with Gasteiger partial charge in [-0.3, -0.25) is 4.98 Å². The molecule has 0 aliphatic heterocycles. The summed E-state index contributed by atoms with van der Waals surface area (Å²) in [5, 5.41) is 12.5. The maximum Gasteiger partial charge on any atom is 0.331 e. The summed E-state index contributed by atoms with van der Waals surface area (Å²) in [5.74, 6) is -0.964. The van der Waals surface area contributed by atoms with Crippen molar-refractivity contribution in [3.8, 4) is 0 Å². The van der Waals surface area contributed by atoms with E-state index in [1.165, 1.54) is 17.5 Å². The average Bonchev–Trinajstić information content (AvgIpc) is 2.81. The Morgan fingerprint density at radius 1 is 1.47 bits per heavy atom. The Kier molecular flexibility index (Phi) is 3.61. The lowest BCUT2D eigenvalue weighted by molar-refractivity contribution is -0.138. The van der Waals surface area contributed by atoms with E-state index in [1.807, 2.05) is 0 Å². The first-order valence-electron chi connectivity index (χ1n) is 4.80. The van der Waals surface area contributed by atoms with Crippen molar-refractivity contribution in [1.29, 1.82) is 0 Å². The van der Waals surface area contributed by atoms with Crippen molar-refractivity contribution in [2.75, 3.05) is 5.32 Å². The Morgan fingerprint density at radius 3 is 2.82 bits per heavy atom. The molecule has 0 aliphatic rings. The third-order valence-corrected chi connectivity index (χ3v) is 3.33. The number of aliphatic carboxylic acids is 1. The largest absolute Gasteiger partial charge is 0.479 e. The highest BCUT2D eigenvalue weighted by Crippen LogP contribution is 2.27. The molecule has 0 amide bonds. The standard InChI is InChI=1S/C11H9ClN2O2S/c12-7-3-1-2-4-8(7)14-10(11(15)16)9-5-13-6-17-9/h1-6,10,14H,(H,15,16). The van der Waals surface area contributed by atoms with Crippen LogP contribution in [0, 0.1) is 0 Å². The van der Waals surface area contributed by atoms with Crippen LogP contribution in [0.1, 0.15) is 10.9 Å². The van der Waals surface area contributed by atoms with Gasteiger partial charge in [-0.25, -0.2) is 4.79 Å². The number of anilines is 1. The molecule has 2 rings (SSSR count). The van der Waals surface area contributed by atoms with Gasteiger partial charge in [-0.1, -0.05) is 23.7 Å². The van der Waals surface area contributed by atoms with Crippen molar-refractivity contribution in [3.63, 3.8) is 0 Å². The van der Waals surface area contributed by atoms with Crippen molar-refractivity contribution in [2.45, 2.75) is 6.04 Å². The first-order valence-corrected chi connectivity index (χ1v) is 6.06. The fourth-order valence-electron chi connectivity index (χ4n) is 1.36. The summed E-state index contributed by atoms with van der Waals surface area (Å²) in [6, 6.07) is 6.19. The van der Waals surface area contributed by atoms with Crippen LogP contribution in [0.15, 0.2) is 36.0 Å². The third-order valence-electron chi connectivity index (χ3n) is 2.16. The van der Waals surface area contributed by atoms with E-state index in [0.717, 1.165) is 0 Å². The fraction of sp³-hybridized carbons (Fsp3) is 0.0909. The van der Waals surface area contributed by atoms with Crippen LogP contribution < -0.4 is 5.32 Å². The van der Waals surface area contributed by atoms with Crippen molar-refractivity contribution in [1.82, 2.24) is 4.98 Å². The van der Waals surface area contributed by atoms with Gasteiger partial charge >= 0.3 is 5.97 Å². The van der Waals surface area contributed by atoms with Crippen LogP contribution in [-0.2, 0) is 4.79 Å². The number of carboxylic acids is 1. The number of nitrogens with zero attached hydrogens (tertiary/aromatic N) is 1. The van der Waals surface area contributed by atoms with Crippen LogP contribution in [0.3, 0.4) is 0 Å². The Hall–Kier alpha value is -1.59. The highest BCUT2D eigenvalue weighted by Gasteiger charge is 2.21. The molecule has 0 saturated heterocycles. The molecule has 1 unspecified atom stereocenters. The number of carboxylic acid groups (broad SMARTS) is 1. The van der Waals surface area contributed by atoms with Crippen molar-refractivity contribution in [3.05, 3.63) is 45.9 Å². The zero-order chi connectivity index (χ0) is 12.3. The Morgan fingerprint density at radius 2 is 2.24 bits per heavy atom. The number of hydrogen-bond donors (Lipinski definition) is 2. The lowest BCUT2D eigenvalue weighted by Gasteiger charge is -2.14. The first kappa shape index (κ1) is 11.9. The van der Waals surface area contributed by atoms with Gasteiger partial charge in [0.05, 0.1) is 21.1 Å². The van der Waals surface area contributed by atoms with Crippen LogP contribution in [-0.4, -0.2) is 16.1 Å². The average molecular weight is 269 g/mol. The molecular weight excluding hydrogens is 260 g/mol. The second-order valence-corrected chi connectivity index (χ2v) is 4.62.